The first-order valence-corrected chi connectivity index (χ1v) is 6.20. The minimum atomic E-state index is -0.839. The van der Waals surface area contributed by atoms with E-state index in [4.69, 9.17) is 0 Å². The van der Waals surface area contributed by atoms with E-state index in [2.05, 4.69) is 6.92 Å². The zero-order chi connectivity index (χ0) is 12.4. The van der Waals surface area contributed by atoms with E-state index in [1.807, 2.05) is 0 Å². The Morgan fingerprint density at radius 1 is 1.35 bits per heavy atom. The van der Waals surface area contributed by atoms with Crippen molar-refractivity contribution in [1.82, 2.24) is 0 Å². The molecule has 1 fully saturated rings. The maximum atomic E-state index is 13.5. The molecule has 0 amide bonds. The molecule has 1 saturated carbocycles. The molecular formula is C14H18F2O. The van der Waals surface area contributed by atoms with Crippen LogP contribution in [0.2, 0.25) is 0 Å². The molecular weight excluding hydrogens is 222 g/mol. The molecule has 3 unspecified atom stereocenters. The lowest BCUT2D eigenvalue weighted by molar-refractivity contribution is 0.0892. The van der Waals surface area contributed by atoms with Crippen molar-refractivity contribution in [3.8, 4) is 0 Å². The fourth-order valence-electron chi connectivity index (χ4n) is 2.83. The quantitative estimate of drug-likeness (QED) is 0.859. The minimum Gasteiger partial charge on any atom is -0.392 e. The van der Waals surface area contributed by atoms with Gasteiger partial charge < -0.3 is 5.11 Å². The summed E-state index contributed by atoms with van der Waals surface area (Å²) in [6.45, 7) is 2.11. The fraction of sp³-hybridized carbons (Fsp3) is 0.571. The third-order valence-electron chi connectivity index (χ3n) is 3.88. The van der Waals surface area contributed by atoms with E-state index in [9.17, 15) is 13.9 Å². The molecule has 2 rings (SSSR count). The lowest BCUT2D eigenvalue weighted by atomic mass is 9.88. The highest BCUT2D eigenvalue weighted by Gasteiger charge is 2.30. The van der Waals surface area contributed by atoms with Gasteiger partial charge in [-0.2, -0.15) is 0 Å². The lowest BCUT2D eigenvalue weighted by Crippen LogP contribution is -2.25. The number of halogens is 2. The zero-order valence-electron chi connectivity index (χ0n) is 10.00. The second-order valence-electron chi connectivity index (χ2n) is 5.06. The molecule has 1 aromatic carbocycles. The van der Waals surface area contributed by atoms with Crippen molar-refractivity contribution < 1.29 is 13.9 Å². The Balaban J connectivity index is 2.07. The van der Waals surface area contributed by atoms with Crippen molar-refractivity contribution in [1.29, 1.82) is 0 Å². The average Bonchev–Trinajstić information content (AvgIpc) is 2.71. The molecule has 0 spiro atoms. The number of hydrogen-bond acceptors (Lipinski definition) is 1. The van der Waals surface area contributed by atoms with Crippen LogP contribution in [0.1, 0.15) is 31.7 Å². The molecule has 0 radical (unpaired) electrons. The number of aliphatic hydroxyl groups is 1. The van der Waals surface area contributed by atoms with Crippen molar-refractivity contribution in [3.05, 3.63) is 35.4 Å². The van der Waals surface area contributed by atoms with Gasteiger partial charge in [0.25, 0.3) is 0 Å². The van der Waals surface area contributed by atoms with E-state index in [1.54, 1.807) is 6.07 Å². The van der Waals surface area contributed by atoms with Crippen LogP contribution in [0.4, 0.5) is 8.78 Å². The maximum absolute atomic E-state index is 13.5. The van der Waals surface area contributed by atoms with Crippen LogP contribution in [-0.2, 0) is 6.42 Å². The largest absolute Gasteiger partial charge is 0.392 e. The molecule has 1 aliphatic carbocycles. The molecule has 17 heavy (non-hydrogen) atoms. The standard InChI is InChI=1S/C14H18F2O/c1-9-4-2-6-11(9)13(17)8-10-5-3-7-12(15)14(10)16/h3,5,7,9,11,13,17H,2,4,6,8H2,1H3. The van der Waals surface area contributed by atoms with Gasteiger partial charge in [-0.15, -0.1) is 0 Å². The van der Waals surface area contributed by atoms with Crippen LogP contribution < -0.4 is 0 Å². The van der Waals surface area contributed by atoms with Crippen LogP contribution >= 0.6 is 0 Å². The van der Waals surface area contributed by atoms with Gasteiger partial charge in [0.05, 0.1) is 6.10 Å². The molecule has 1 aliphatic rings. The van der Waals surface area contributed by atoms with Gasteiger partial charge in [0.1, 0.15) is 0 Å². The van der Waals surface area contributed by atoms with Crippen LogP contribution in [0.25, 0.3) is 0 Å². The molecule has 0 saturated heterocycles. The summed E-state index contributed by atoms with van der Waals surface area (Å²) in [5, 5.41) is 10.1. The Morgan fingerprint density at radius 3 is 2.76 bits per heavy atom. The highest BCUT2D eigenvalue weighted by molar-refractivity contribution is 5.19. The summed E-state index contributed by atoms with van der Waals surface area (Å²) in [6, 6.07) is 4.13. The lowest BCUT2D eigenvalue weighted by Gasteiger charge is -2.22. The van der Waals surface area contributed by atoms with Crippen LogP contribution in [-0.4, -0.2) is 11.2 Å². The van der Waals surface area contributed by atoms with Crippen molar-refractivity contribution in [3.63, 3.8) is 0 Å². The van der Waals surface area contributed by atoms with E-state index in [0.29, 0.717) is 5.92 Å². The highest BCUT2D eigenvalue weighted by Crippen LogP contribution is 2.34. The number of hydrogen-bond donors (Lipinski definition) is 1. The third kappa shape index (κ3) is 2.65. The summed E-state index contributed by atoms with van der Waals surface area (Å²) < 4.78 is 26.5. The molecule has 3 atom stereocenters. The summed E-state index contributed by atoms with van der Waals surface area (Å²) >= 11 is 0. The second-order valence-corrected chi connectivity index (χ2v) is 5.06. The Bertz CT molecular complexity index is 392. The average molecular weight is 240 g/mol. The van der Waals surface area contributed by atoms with E-state index in [-0.39, 0.29) is 17.9 Å². The Labute approximate surface area is 100 Å². The molecule has 0 aromatic heterocycles. The van der Waals surface area contributed by atoms with Crippen LogP contribution in [0.15, 0.2) is 18.2 Å². The molecule has 0 heterocycles. The molecule has 0 bridgehead atoms. The van der Waals surface area contributed by atoms with Crippen molar-refractivity contribution in [2.75, 3.05) is 0 Å². The Kier molecular flexibility index (Phi) is 3.77. The van der Waals surface area contributed by atoms with Crippen LogP contribution in [0.5, 0.6) is 0 Å². The number of aliphatic hydroxyl groups excluding tert-OH is 1. The summed E-state index contributed by atoms with van der Waals surface area (Å²) in [7, 11) is 0. The van der Waals surface area contributed by atoms with Gasteiger partial charge in [0, 0.05) is 6.42 Å². The molecule has 1 aromatic rings. The molecule has 94 valence electrons. The predicted molar refractivity (Wildman–Crippen MR) is 62.6 cm³/mol. The first kappa shape index (κ1) is 12.5. The van der Waals surface area contributed by atoms with E-state index >= 15 is 0 Å². The van der Waals surface area contributed by atoms with Crippen molar-refractivity contribution >= 4 is 0 Å². The van der Waals surface area contributed by atoms with Gasteiger partial charge >= 0.3 is 0 Å². The fourth-order valence-corrected chi connectivity index (χ4v) is 2.83. The maximum Gasteiger partial charge on any atom is 0.162 e. The normalized spacial score (nSPS) is 26.1. The molecule has 3 heteroatoms. The van der Waals surface area contributed by atoms with E-state index in [0.717, 1.165) is 25.3 Å². The summed E-state index contributed by atoms with van der Waals surface area (Å²) in [4.78, 5) is 0. The first-order chi connectivity index (χ1) is 8.09. The van der Waals surface area contributed by atoms with E-state index in [1.165, 1.54) is 6.07 Å². The van der Waals surface area contributed by atoms with Gasteiger partial charge in [-0.3, -0.25) is 0 Å². The highest BCUT2D eigenvalue weighted by atomic mass is 19.2. The topological polar surface area (TPSA) is 20.2 Å². The monoisotopic (exact) mass is 240 g/mol. The van der Waals surface area contributed by atoms with E-state index < -0.39 is 17.7 Å². The van der Waals surface area contributed by atoms with Crippen molar-refractivity contribution in [2.45, 2.75) is 38.7 Å². The summed E-state index contributed by atoms with van der Waals surface area (Å²) in [5.74, 6) is -0.967. The summed E-state index contributed by atoms with van der Waals surface area (Å²) in [5.41, 5.74) is 0.275. The minimum absolute atomic E-state index is 0.207. The molecule has 1 N–H and O–H groups in total. The van der Waals surface area contributed by atoms with Crippen molar-refractivity contribution in [2.24, 2.45) is 11.8 Å². The summed E-state index contributed by atoms with van der Waals surface area (Å²) in [6.07, 6.45) is 2.86. The van der Waals surface area contributed by atoms with Gasteiger partial charge in [-0.05, 0) is 29.9 Å². The van der Waals surface area contributed by atoms with Gasteiger partial charge in [-0.25, -0.2) is 8.78 Å². The Morgan fingerprint density at radius 2 is 2.12 bits per heavy atom. The second kappa shape index (κ2) is 5.13. The van der Waals surface area contributed by atoms with Crippen LogP contribution in [0, 0.1) is 23.5 Å². The van der Waals surface area contributed by atoms with Gasteiger partial charge in [0.2, 0.25) is 0 Å². The zero-order valence-corrected chi connectivity index (χ0v) is 10.00. The van der Waals surface area contributed by atoms with Crippen LogP contribution in [0.3, 0.4) is 0 Å². The number of rotatable bonds is 3. The van der Waals surface area contributed by atoms with Gasteiger partial charge in [0.15, 0.2) is 11.6 Å². The molecule has 0 aliphatic heterocycles. The first-order valence-electron chi connectivity index (χ1n) is 6.20. The third-order valence-corrected chi connectivity index (χ3v) is 3.88. The molecule has 1 nitrogen and oxygen atoms in total. The van der Waals surface area contributed by atoms with Gasteiger partial charge in [-0.1, -0.05) is 31.9 Å². The smallest absolute Gasteiger partial charge is 0.162 e. The number of benzene rings is 1. The SMILES string of the molecule is CC1CCCC1C(O)Cc1cccc(F)c1F. The Hall–Kier alpha value is -0.960. The predicted octanol–water partition coefficient (Wildman–Crippen LogP) is 3.30.